The Morgan fingerprint density at radius 2 is 2.11 bits per heavy atom. The Morgan fingerprint density at radius 1 is 1.39 bits per heavy atom. The molecule has 0 spiro atoms. The molecule has 1 aliphatic carbocycles. The normalized spacial score (nSPS) is 24.7. The lowest BCUT2D eigenvalue weighted by molar-refractivity contribution is 0.171. The Bertz CT molecular complexity index is 352. The molecule has 0 radical (unpaired) electrons. The van der Waals surface area contributed by atoms with Gasteiger partial charge in [-0.25, -0.2) is 4.98 Å². The van der Waals surface area contributed by atoms with Crippen LogP contribution < -0.4 is 5.32 Å². The smallest absolute Gasteiger partial charge is 0.105 e. The molecule has 4 heteroatoms. The van der Waals surface area contributed by atoms with Gasteiger partial charge >= 0.3 is 0 Å². The first kappa shape index (κ1) is 13.6. The van der Waals surface area contributed by atoms with Gasteiger partial charge in [0.15, 0.2) is 0 Å². The van der Waals surface area contributed by atoms with Gasteiger partial charge < -0.3 is 14.8 Å². The van der Waals surface area contributed by atoms with Gasteiger partial charge in [-0.15, -0.1) is 0 Å². The van der Waals surface area contributed by atoms with Gasteiger partial charge in [0.2, 0.25) is 0 Å². The summed E-state index contributed by atoms with van der Waals surface area (Å²) in [6.45, 7) is 4.23. The monoisotopic (exact) mass is 250 g/mol. The average Bonchev–Trinajstić information content (AvgIpc) is 2.81. The molecule has 4 nitrogen and oxygen atoms in total. The lowest BCUT2D eigenvalue weighted by Crippen LogP contribution is -2.40. The molecule has 2 rings (SSSR count). The predicted molar refractivity (Wildman–Crippen MR) is 74.7 cm³/mol. The van der Waals surface area contributed by atoms with Crippen LogP contribution in [0.25, 0.3) is 0 Å². The molecular formula is C14H26N4. The van der Waals surface area contributed by atoms with E-state index in [2.05, 4.69) is 47.0 Å². The Kier molecular flexibility index (Phi) is 4.78. The van der Waals surface area contributed by atoms with Gasteiger partial charge in [-0.1, -0.05) is 0 Å². The fourth-order valence-electron chi connectivity index (χ4n) is 2.89. The number of hydrogen-bond acceptors (Lipinski definition) is 3. The maximum Gasteiger partial charge on any atom is 0.105 e. The van der Waals surface area contributed by atoms with E-state index in [9.17, 15) is 0 Å². The van der Waals surface area contributed by atoms with Gasteiger partial charge in [0.1, 0.15) is 5.82 Å². The van der Waals surface area contributed by atoms with E-state index in [0.717, 1.165) is 31.0 Å². The van der Waals surface area contributed by atoms with Crippen LogP contribution in [-0.2, 0) is 6.54 Å². The van der Waals surface area contributed by atoms with Crippen molar-refractivity contribution in [2.45, 2.75) is 51.2 Å². The molecule has 1 aromatic heterocycles. The fraction of sp³-hybridized carbons (Fsp3) is 0.786. The molecular weight excluding hydrogens is 224 g/mol. The van der Waals surface area contributed by atoms with Gasteiger partial charge in [-0.3, -0.25) is 0 Å². The van der Waals surface area contributed by atoms with Gasteiger partial charge in [0.05, 0.1) is 0 Å². The van der Waals surface area contributed by atoms with Gasteiger partial charge in [0.25, 0.3) is 0 Å². The van der Waals surface area contributed by atoms with Crippen LogP contribution in [0.15, 0.2) is 12.4 Å². The summed E-state index contributed by atoms with van der Waals surface area (Å²) in [4.78, 5) is 6.78. The summed E-state index contributed by atoms with van der Waals surface area (Å²) in [5.41, 5.74) is 0. The maximum absolute atomic E-state index is 4.26. The second-order valence-corrected chi connectivity index (χ2v) is 5.44. The summed E-state index contributed by atoms with van der Waals surface area (Å²) < 4.78 is 2.23. The Morgan fingerprint density at radius 3 is 2.67 bits per heavy atom. The van der Waals surface area contributed by atoms with Crippen molar-refractivity contribution in [3.8, 4) is 0 Å². The topological polar surface area (TPSA) is 33.1 Å². The third-order valence-electron chi connectivity index (χ3n) is 4.35. The molecule has 0 amide bonds. The highest BCUT2D eigenvalue weighted by Gasteiger charge is 2.22. The highest BCUT2D eigenvalue weighted by molar-refractivity contribution is 4.89. The number of nitrogens with zero attached hydrogens (tertiary/aromatic N) is 3. The van der Waals surface area contributed by atoms with Crippen molar-refractivity contribution >= 4 is 0 Å². The number of nitrogens with one attached hydrogen (secondary N) is 1. The van der Waals surface area contributed by atoms with E-state index >= 15 is 0 Å². The molecule has 0 bridgehead atoms. The fourth-order valence-corrected chi connectivity index (χ4v) is 2.89. The van der Waals surface area contributed by atoms with Crippen LogP contribution in [0.5, 0.6) is 0 Å². The van der Waals surface area contributed by atoms with E-state index in [-0.39, 0.29) is 0 Å². The number of hydrogen-bond donors (Lipinski definition) is 1. The highest BCUT2D eigenvalue weighted by atomic mass is 15.2. The van der Waals surface area contributed by atoms with Crippen LogP contribution in [0, 0.1) is 6.92 Å². The predicted octanol–water partition coefficient (Wildman–Crippen LogP) is 1.65. The minimum absolute atomic E-state index is 0.741. The van der Waals surface area contributed by atoms with Crippen LogP contribution in [0.1, 0.15) is 31.5 Å². The van der Waals surface area contributed by atoms with Crippen molar-refractivity contribution in [1.82, 2.24) is 19.8 Å². The van der Waals surface area contributed by atoms with E-state index in [1.165, 1.54) is 25.7 Å². The second-order valence-electron chi connectivity index (χ2n) is 5.44. The summed E-state index contributed by atoms with van der Waals surface area (Å²) in [6.07, 6.45) is 9.23. The van der Waals surface area contributed by atoms with Gasteiger partial charge in [-0.2, -0.15) is 0 Å². The molecule has 1 aliphatic rings. The first-order valence-electron chi connectivity index (χ1n) is 7.06. The first-order chi connectivity index (χ1) is 8.70. The van der Waals surface area contributed by atoms with Crippen molar-refractivity contribution in [1.29, 1.82) is 0 Å². The summed E-state index contributed by atoms with van der Waals surface area (Å²) in [5, 5.41) is 3.39. The van der Waals surface area contributed by atoms with Crippen molar-refractivity contribution in [3.05, 3.63) is 18.2 Å². The number of aryl methyl sites for hydroxylation is 1. The maximum atomic E-state index is 4.26. The molecule has 1 heterocycles. The lowest BCUT2D eigenvalue weighted by Gasteiger charge is -2.34. The van der Waals surface area contributed by atoms with Crippen molar-refractivity contribution in [2.24, 2.45) is 0 Å². The zero-order valence-electron chi connectivity index (χ0n) is 11.9. The summed E-state index contributed by atoms with van der Waals surface area (Å²) in [5.74, 6) is 1.11. The molecule has 1 fully saturated rings. The molecule has 0 unspecified atom stereocenters. The Balaban J connectivity index is 1.75. The van der Waals surface area contributed by atoms with Crippen molar-refractivity contribution in [3.63, 3.8) is 0 Å². The number of likely N-dealkylation sites (N-methyl/N-ethyl adjacent to an activating group) is 1. The van der Waals surface area contributed by atoms with Crippen LogP contribution in [0.3, 0.4) is 0 Å². The second kappa shape index (κ2) is 6.34. The van der Waals surface area contributed by atoms with E-state index in [1.807, 2.05) is 6.20 Å². The van der Waals surface area contributed by atoms with Crippen LogP contribution in [0.4, 0.5) is 0 Å². The molecule has 1 saturated carbocycles. The molecule has 1 aromatic rings. The molecule has 0 aromatic carbocycles. The lowest BCUT2D eigenvalue weighted by atomic mass is 9.90. The molecule has 0 saturated heterocycles. The van der Waals surface area contributed by atoms with Crippen molar-refractivity contribution in [2.75, 3.05) is 20.6 Å². The number of aromatic nitrogens is 2. The third kappa shape index (κ3) is 3.33. The number of imidazole rings is 1. The van der Waals surface area contributed by atoms with Crippen LogP contribution >= 0.6 is 0 Å². The van der Waals surface area contributed by atoms with Gasteiger partial charge in [0, 0.05) is 37.6 Å². The van der Waals surface area contributed by atoms with E-state index in [0.29, 0.717) is 0 Å². The SMILES string of the molecule is CNC1CCC(N(C)CCn2ccnc2C)CC1. The number of rotatable bonds is 5. The molecule has 0 atom stereocenters. The molecule has 102 valence electrons. The highest BCUT2D eigenvalue weighted by Crippen LogP contribution is 2.22. The molecule has 18 heavy (non-hydrogen) atoms. The quantitative estimate of drug-likeness (QED) is 0.862. The minimum atomic E-state index is 0.741. The average molecular weight is 250 g/mol. The van der Waals surface area contributed by atoms with Crippen LogP contribution in [0.2, 0.25) is 0 Å². The zero-order valence-corrected chi connectivity index (χ0v) is 11.9. The van der Waals surface area contributed by atoms with E-state index in [4.69, 9.17) is 0 Å². The zero-order chi connectivity index (χ0) is 13.0. The largest absolute Gasteiger partial charge is 0.334 e. The summed E-state index contributed by atoms with van der Waals surface area (Å²) in [6, 6.07) is 1.50. The van der Waals surface area contributed by atoms with Crippen LogP contribution in [-0.4, -0.2) is 47.2 Å². The first-order valence-corrected chi connectivity index (χ1v) is 7.06. The van der Waals surface area contributed by atoms with E-state index in [1.54, 1.807) is 0 Å². The minimum Gasteiger partial charge on any atom is -0.334 e. The Labute approximate surface area is 110 Å². The van der Waals surface area contributed by atoms with Gasteiger partial charge in [-0.05, 0) is 46.7 Å². The standard InChI is InChI=1S/C14H26N4/c1-12-16-8-9-18(12)11-10-17(3)14-6-4-13(15-2)5-7-14/h8-9,13-15H,4-7,10-11H2,1-3H3. The summed E-state index contributed by atoms with van der Waals surface area (Å²) in [7, 11) is 4.34. The molecule has 0 aliphatic heterocycles. The van der Waals surface area contributed by atoms with E-state index < -0.39 is 0 Å². The van der Waals surface area contributed by atoms with Crippen molar-refractivity contribution < 1.29 is 0 Å². The third-order valence-corrected chi connectivity index (χ3v) is 4.35. The Hall–Kier alpha value is -0.870. The summed E-state index contributed by atoms with van der Waals surface area (Å²) >= 11 is 0. The molecule has 1 N–H and O–H groups in total.